The molecule has 0 heterocycles. The Morgan fingerprint density at radius 1 is 1.36 bits per heavy atom. The van der Waals surface area contributed by atoms with E-state index in [1.807, 2.05) is 0 Å². The predicted octanol–water partition coefficient (Wildman–Crippen LogP) is -0.728. The molecule has 0 fully saturated rings. The Labute approximate surface area is 65.1 Å². The molecule has 0 radical (unpaired) electrons. The van der Waals surface area contributed by atoms with E-state index in [9.17, 15) is 9.59 Å². The summed E-state index contributed by atoms with van der Waals surface area (Å²) in [6, 6.07) is 0. The van der Waals surface area contributed by atoms with Gasteiger partial charge in [-0.05, 0) is 13.8 Å². The third-order valence-electron chi connectivity index (χ3n) is 1.33. The van der Waals surface area contributed by atoms with Crippen LogP contribution in [-0.4, -0.2) is 29.9 Å². The van der Waals surface area contributed by atoms with E-state index in [2.05, 4.69) is 10.7 Å². The van der Waals surface area contributed by atoms with Crippen LogP contribution in [0.5, 0.6) is 0 Å². The number of amides is 1. The Balaban J connectivity index is 4.09. The molecule has 5 heteroatoms. The first-order valence-electron chi connectivity index (χ1n) is 3.37. The summed E-state index contributed by atoms with van der Waals surface area (Å²) in [4.78, 5) is 26.5. The lowest BCUT2D eigenvalue weighted by atomic mass is 10.4. The molecule has 1 amide bonds. The first kappa shape index (κ1) is 9.90. The molecule has 0 unspecified atom stereocenters. The number of carbonyl (C=O) groups is 2. The van der Waals surface area contributed by atoms with Crippen molar-refractivity contribution in [1.82, 2.24) is 4.90 Å². The second-order valence-corrected chi connectivity index (χ2v) is 1.88. The third-order valence-corrected chi connectivity index (χ3v) is 1.33. The Bertz CT molecular complexity index is 154. The minimum Gasteiger partial charge on any atom is -0.366 e. The monoisotopic (exact) mass is 160 g/mol. The second-order valence-electron chi connectivity index (χ2n) is 1.88. The van der Waals surface area contributed by atoms with Crippen molar-refractivity contribution < 1.29 is 14.4 Å². The van der Waals surface area contributed by atoms with E-state index in [1.165, 1.54) is 4.90 Å². The van der Waals surface area contributed by atoms with Crippen LogP contribution in [0, 0.1) is 0 Å². The highest BCUT2D eigenvalue weighted by atomic mass is 16.7. The van der Waals surface area contributed by atoms with Gasteiger partial charge in [-0.3, -0.25) is 4.79 Å². The summed E-state index contributed by atoms with van der Waals surface area (Å²) in [6.07, 6.45) is 0. The van der Waals surface area contributed by atoms with E-state index in [1.54, 1.807) is 13.8 Å². The van der Waals surface area contributed by atoms with Crippen molar-refractivity contribution in [2.75, 3.05) is 13.1 Å². The Morgan fingerprint density at radius 3 is 2.09 bits per heavy atom. The number of nitrogens with two attached hydrogens (primary N) is 1. The largest absolute Gasteiger partial charge is 0.415 e. The minimum atomic E-state index is -1.02. The molecule has 0 aromatic heterocycles. The zero-order valence-corrected chi connectivity index (χ0v) is 6.66. The average Bonchev–Trinajstić information content (AvgIpc) is 2.05. The smallest absolute Gasteiger partial charge is 0.366 e. The summed E-state index contributed by atoms with van der Waals surface area (Å²) in [5.41, 5.74) is 0. The molecule has 64 valence electrons. The fraction of sp³-hybridized carbons (Fsp3) is 0.667. The molecule has 2 N–H and O–H groups in total. The molecule has 0 saturated heterocycles. The third kappa shape index (κ3) is 2.55. The van der Waals surface area contributed by atoms with Crippen LogP contribution >= 0.6 is 0 Å². The number of likely N-dealkylation sites (N-methyl/N-ethyl adjacent to an activating group) is 1. The van der Waals surface area contributed by atoms with Crippen molar-refractivity contribution in [3.05, 3.63) is 0 Å². The second kappa shape index (κ2) is 4.68. The van der Waals surface area contributed by atoms with Gasteiger partial charge >= 0.3 is 11.9 Å². The van der Waals surface area contributed by atoms with Crippen LogP contribution < -0.4 is 5.90 Å². The molecule has 11 heavy (non-hydrogen) atoms. The summed E-state index contributed by atoms with van der Waals surface area (Å²) in [6.45, 7) is 4.49. The fourth-order valence-electron chi connectivity index (χ4n) is 0.690. The van der Waals surface area contributed by atoms with Crippen LogP contribution in [0.3, 0.4) is 0 Å². The molecule has 0 aliphatic heterocycles. The molecular formula is C6H12N2O3. The molecule has 0 saturated carbocycles. The van der Waals surface area contributed by atoms with E-state index < -0.39 is 11.9 Å². The van der Waals surface area contributed by atoms with E-state index in [-0.39, 0.29) is 0 Å². The molecule has 0 spiro atoms. The van der Waals surface area contributed by atoms with Gasteiger partial charge in [-0.1, -0.05) is 0 Å². The number of carbonyl (C=O) groups excluding carboxylic acids is 2. The Kier molecular flexibility index (Phi) is 4.21. The maximum absolute atomic E-state index is 10.9. The van der Waals surface area contributed by atoms with Crippen LogP contribution in [0.4, 0.5) is 0 Å². The van der Waals surface area contributed by atoms with E-state index in [4.69, 9.17) is 0 Å². The molecule has 5 nitrogen and oxygen atoms in total. The van der Waals surface area contributed by atoms with E-state index >= 15 is 0 Å². The van der Waals surface area contributed by atoms with Crippen LogP contribution in [0.25, 0.3) is 0 Å². The van der Waals surface area contributed by atoms with Crippen molar-refractivity contribution in [1.29, 1.82) is 0 Å². The van der Waals surface area contributed by atoms with Gasteiger partial charge in [0.2, 0.25) is 0 Å². The summed E-state index contributed by atoms with van der Waals surface area (Å²) >= 11 is 0. The van der Waals surface area contributed by atoms with Gasteiger partial charge in [-0.25, -0.2) is 4.79 Å². The van der Waals surface area contributed by atoms with Gasteiger partial charge < -0.3 is 9.74 Å². The highest BCUT2D eigenvalue weighted by Gasteiger charge is 2.19. The number of rotatable bonds is 2. The van der Waals surface area contributed by atoms with Gasteiger partial charge in [-0.15, -0.1) is 0 Å². The van der Waals surface area contributed by atoms with Gasteiger partial charge in [0.1, 0.15) is 0 Å². The summed E-state index contributed by atoms with van der Waals surface area (Å²) in [7, 11) is 0. The van der Waals surface area contributed by atoms with Crippen molar-refractivity contribution in [2.45, 2.75) is 13.8 Å². The molecule has 0 aliphatic carbocycles. The molecule has 0 aromatic carbocycles. The lowest BCUT2D eigenvalue weighted by Gasteiger charge is -2.15. The maximum atomic E-state index is 10.9. The molecule has 0 aliphatic rings. The lowest BCUT2D eigenvalue weighted by molar-refractivity contribution is -0.160. The minimum absolute atomic E-state index is 0.477. The van der Waals surface area contributed by atoms with Gasteiger partial charge in [0.25, 0.3) is 0 Å². The average molecular weight is 160 g/mol. The van der Waals surface area contributed by atoms with Crippen molar-refractivity contribution in [3.8, 4) is 0 Å². The first-order chi connectivity index (χ1) is 5.17. The zero-order chi connectivity index (χ0) is 8.85. The van der Waals surface area contributed by atoms with Crippen molar-refractivity contribution >= 4 is 11.9 Å². The van der Waals surface area contributed by atoms with Crippen molar-refractivity contribution in [2.24, 2.45) is 5.90 Å². The number of nitrogens with zero attached hydrogens (tertiary/aromatic N) is 1. The SMILES string of the molecule is CCN(CC)C(=O)C(=O)ON. The van der Waals surface area contributed by atoms with Gasteiger partial charge in [0, 0.05) is 13.1 Å². The van der Waals surface area contributed by atoms with Gasteiger partial charge in [0.15, 0.2) is 0 Å². The summed E-state index contributed by atoms with van der Waals surface area (Å²) in [5, 5.41) is 0. The topological polar surface area (TPSA) is 72.6 Å². The van der Waals surface area contributed by atoms with Gasteiger partial charge in [0.05, 0.1) is 0 Å². The fourth-order valence-corrected chi connectivity index (χ4v) is 0.690. The zero-order valence-electron chi connectivity index (χ0n) is 6.66. The highest BCUT2D eigenvalue weighted by molar-refractivity contribution is 6.32. The summed E-state index contributed by atoms with van der Waals surface area (Å²) in [5.74, 6) is 2.81. The molecule has 0 atom stereocenters. The quantitative estimate of drug-likeness (QED) is 0.427. The van der Waals surface area contributed by atoms with E-state index in [0.29, 0.717) is 13.1 Å². The predicted molar refractivity (Wildman–Crippen MR) is 38.2 cm³/mol. The van der Waals surface area contributed by atoms with Crippen LogP contribution in [0.2, 0.25) is 0 Å². The molecule has 0 aromatic rings. The first-order valence-corrected chi connectivity index (χ1v) is 3.37. The van der Waals surface area contributed by atoms with Crippen LogP contribution in [0.15, 0.2) is 0 Å². The molecular weight excluding hydrogens is 148 g/mol. The normalized spacial score (nSPS) is 9.00. The lowest BCUT2D eigenvalue weighted by Crippen LogP contribution is -2.38. The summed E-state index contributed by atoms with van der Waals surface area (Å²) < 4.78 is 0. The van der Waals surface area contributed by atoms with Crippen LogP contribution in [0.1, 0.15) is 13.8 Å². The maximum Gasteiger partial charge on any atom is 0.415 e. The van der Waals surface area contributed by atoms with Crippen molar-refractivity contribution in [3.63, 3.8) is 0 Å². The highest BCUT2D eigenvalue weighted by Crippen LogP contribution is 1.89. The Hall–Kier alpha value is -1.10. The van der Waals surface area contributed by atoms with Gasteiger partial charge in [-0.2, -0.15) is 5.90 Å². The molecule has 0 bridgehead atoms. The number of hydrogen-bond donors (Lipinski definition) is 1. The van der Waals surface area contributed by atoms with Crippen LogP contribution in [-0.2, 0) is 14.4 Å². The van der Waals surface area contributed by atoms with E-state index in [0.717, 1.165) is 0 Å². The standard InChI is InChI=1S/C6H12N2O3/c1-3-8(4-2)5(9)6(10)11-7/h3-4,7H2,1-2H3. The Morgan fingerprint density at radius 2 is 1.82 bits per heavy atom. The number of hydrogen-bond acceptors (Lipinski definition) is 4. The molecule has 0 rings (SSSR count).